The molecule has 27 heavy (non-hydrogen) atoms. The third-order valence-corrected chi connectivity index (χ3v) is 4.53. The fraction of sp³-hybridized carbons (Fsp3) is 0.333. The van der Waals surface area contributed by atoms with Crippen molar-refractivity contribution in [3.63, 3.8) is 0 Å². The maximum absolute atomic E-state index is 11.8. The van der Waals surface area contributed by atoms with Gasteiger partial charge in [-0.2, -0.15) is 9.97 Å². The number of nitrogens with one attached hydrogen (secondary N) is 2. The number of rotatable bonds is 6. The highest BCUT2D eigenvalue weighted by molar-refractivity contribution is 5.87. The van der Waals surface area contributed by atoms with Crippen LogP contribution in [0.5, 0.6) is 5.88 Å². The number of ether oxygens (including phenoxy) is 1. The van der Waals surface area contributed by atoms with Crippen LogP contribution in [0.15, 0.2) is 41.9 Å². The number of H-pyrrole nitrogens is 1. The van der Waals surface area contributed by atoms with Crippen molar-refractivity contribution in [1.29, 1.82) is 0 Å². The summed E-state index contributed by atoms with van der Waals surface area (Å²) >= 11 is 0. The number of hydrogen-bond donors (Lipinski definition) is 2. The zero-order valence-electron chi connectivity index (χ0n) is 14.7. The molecule has 1 aliphatic heterocycles. The first-order chi connectivity index (χ1) is 13.2. The molecule has 140 valence electrons. The van der Waals surface area contributed by atoms with Crippen LogP contribution in [-0.4, -0.2) is 50.6 Å². The molecule has 1 saturated heterocycles. The predicted molar refractivity (Wildman–Crippen MR) is 98.7 cm³/mol. The van der Waals surface area contributed by atoms with Gasteiger partial charge in [0, 0.05) is 25.2 Å². The van der Waals surface area contributed by atoms with E-state index < -0.39 is 0 Å². The molecule has 0 spiro atoms. The molecular formula is C18H20N6O3. The minimum absolute atomic E-state index is 0.0324. The molecule has 0 saturated carbocycles. The van der Waals surface area contributed by atoms with Crippen molar-refractivity contribution in [2.75, 3.05) is 25.0 Å². The number of nitrogens with zero attached hydrogens (tertiary/aromatic N) is 4. The van der Waals surface area contributed by atoms with Gasteiger partial charge in [-0.25, -0.2) is 0 Å². The normalized spacial score (nSPS) is 17.0. The number of hydrogen-bond acceptors (Lipinski definition) is 7. The van der Waals surface area contributed by atoms with E-state index in [1.54, 1.807) is 6.20 Å². The Morgan fingerprint density at radius 2 is 2.44 bits per heavy atom. The van der Waals surface area contributed by atoms with Gasteiger partial charge >= 0.3 is 0 Å². The van der Waals surface area contributed by atoms with E-state index in [1.165, 1.54) is 18.5 Å². The van der Waals surface area contributed by atoms with Crippen molar-refractivity contribution in [2.45, 2.75) is 12.8 Å². The first kappa shape index (κ1) is 17.1. The molecule has 1 aliphatic rings. The van der Waals surface area contributed by atoms with Gasteiger partial charge in [-0.3, -0.25) is 4.79 Å². The fourth-order valence-electron chi connectivity index (χ4n) is 3.20. The Balaban J connectivity index is 1.48. The zero-order valence-corrected chi connectivity index (χ0v) is 14.7. The average molecular weight is 368 g/mol. The van der Waals surface area contributed by atoms with Gasteiger partial charge in [0.05, 0.1) is 18.2 Å². The van der Waals surface area contributed by atoms with Gasteiger partial charge in [0.2, 0.25) is 17.7 Å². The molecule has 4 heterocycles. The highest BCUT2D eigenvalue weighted by atomic mass is 16.5. The maximum atomic E-state index is 11.8. The number of amides is 1. The Morgan fingerprint density at radius 3 is 3.26 bits per heavy atom. The molecular weight excluding hydrogens is 348 g/mol. The Labute approximate surface area is 155 Å². The number of carbonyl (C=O) groups excluding carboxylic acids is 1. The quantitative estimate of drug-likeness (QED) is 0.643. The Morgan fingerprint density at radius 1 is 1.52 bits per heavy atom. The summed E-state index contributed by atoms with van der Waals surface area (Å²) in [4.78, 5) is 25.6. The topological polar surface area (TPSA) is 109 Å². The van der Waals surface area contributed by atoms with Crippen LogP contribution in [-0.2, 0) is 4.79 Å². The summed E-state index contributed by atoms with van der Waals surface area (Å²) in [6.45, 7) is 5.47. The average Bonchev–Trinajstić information content (AvgIpc) is 3.37. The van der Waals surface area contributed by atoms with Crippen LogP contribution in [0.1, 0.15) is 12.8 Å². The number of carbonyl (C=O) groups is 1. The molecule has 2 N–H and O–H groups in total. The van der Waals surface area contributed by atoms with Crippen LogP contribution in [0.25, 0.3) is 11.0 Å². The predicted octanol–water partition coefficient (Wildman–Crippen LogP) is 2.49. The molecule has 3 aromatic heterocycles. The SMILES string of the molecule is C=CC(=O)N1CCC[C@H](COc2nc(Nc3cnoc3)nc3[nH]ccc23)C1. The first-order valence-corrected chi connectivity index (χ1v) is 8.78. The van der Waals surface area contributed by atoms with Gasteiger partial charge in [-0.05, 0) is 25.0 Å². The van der Waals surface area contributed by atoms with E-state index in [0.29, 0.717) is 36.3 Å². The monoisotopic (exact) mass is 368 g/mol. The number of aromatic nitrogens is 4. The highest BCUT2D eigenvalue weighted by Crippen LogP contribution is 2.26. The van der Waals surface area contributed by atoms with Crippen LogP contribution in [0, 0.1) is 5.92 Å². The molecule has 9 heteroatoms. The summed E-state index contributed by atoms with van der Waals surface area (Å²) in [6, 6.07) is 1.88. The van der Waals surface area contributed by atoms with Gasteiger partial charge in [0.15, 0.2) is 0 Å². The van der Waals surface area contributed by atoms with Gasteiger partial charge in [0.25, 0.3) is 0 Å². The Bertz CT molecular complexity index is 936. The lowest BCUT2D eigenvalue weighted by atomic mass is 9.99. The van der Waals surface area contributed by atoms with E-state index in [1.807, 2.05) is 11.0 Å². The van der Waals surface area contributed by atoms with Crippen molar-refractivity contribution < 1.29 is 14.1 Å². The lowest BCUT2D eigenvalue weighted by molar-refractivity contribution is -0.127. The minimum atomic E-state index is -0.0324. The summed E-state index contributed by atoms with van der Waals surface area (Å²) in [5, 5.41) is 7.49. The van der Waals surface area contributed by atoms with E-state index >= 15 is 0 Å². The second-order valence-corrected chi connectivity index (χ2v) is 6.44. The number of anilines is 2. The zero-order chi connectivity index (χ0) is 18.6. The van der Waals surface area contributed by atoms with Gasteiger partial charge in [-0.15, -0.1) is 0 Å². The lowest BCUT2D eigenvalue weighted by Gasteiger charge is -2.31. The van der Waals surface area contributed by atoms with Crippen LogP contribution >= 0.6 is 0 Å². The van der Waals surface area contributed by atoms with Crippen molar-refractivity contribution in [1.82, 2.24) is 25.0 Å². The highest BCUT2D eigenvalue weighted by Gasteiger charge is 2.23. The van der Waals surface area contributed by atoms with Gasteiger partial charge in [-0.1, -0.05) is 11.7 Å². The molecule has 1 atom stereocenters. The molecule has 9 nitrogen and oxygen atoms in total. The van der Waals surface area contributed by atoms with Crippen molar-refractivity contribution in [3.05, 3.63) is 37.4 Å². The smallest absolute Gasteiger partial charge is 0.245 e. The van der Waals surface area contributed by atoms with Crippen molar-refractivity contribution in [3.8, 4) is 5.88 Å². The van der Waals surface area contributed by atoms with Crippen LogP contribution in [0.2, 0.25) is 0 Å². The molecule has 1 amide bonds. The molecule has 4 rings (SSSR count). The van der Waals surface area contributed by atoms with E-state index in [4.69, 9.17) is 9.26 Å². The van der Waals surface area contributed by atoms with Crippen molar-refractivity contribution >= 4 is 28.6 Å². The molecule has 0 bridgehead atoms. The van der Waals surface area contributed by atoms with Crippen LogP contribution < -0.4 is 10.1 Å². The van der Waals surface area contributed by atoms with E-state index in [-0.39, 0.29) is 11.8 Å². The number of likely N-dealkylation sites (tertiary alicyclic amines) is 1. The second kappa shape index (κ2) is 7.48. The molecule has 0 radical (unpaired) electrons. The molecule has 0 aliphatic carbocycles. The molecule has 0 aromatic carbocycles. The Hall–Kier alpha value is -3.36. The summed E-state index contributed by atoms with van der Waals surface area (Å²) in [6.07, 6.45) is 8.12. The van der Waals surface area contributed by atoms with Crippen LogP contribution in [0.3, 0.4) is 0 Å². The standard InChI is InChI=1S/C18H20N6O3/c1-2-15(25)24-7-3-4-12(9-24)10-26-17-14-5-6-19-16(14)22-18(23-17)21-13-8-20-27-11-13/h2,5-6,8,11-12H,1,3-4,7,9-10H2,(H2,19,21,22,23)/t12-/m0/s1. The minimum Gasteiger partial charge on any atom is -0.477 e. The third-order valence-electron chi connectivity index (χ3n) is 4.53. The Kier molecular flexibility index (Phi) is 4.73. The third kappa shape index (κ3) is 3.76. The molecule has 0 unspecified atom stereocenters. The molecule has 1 fully saturated rings. The summed E-state index contributed by atoms with van der Waals surface area (Å²) < 4.78 is 10.8. The summed E-state index contributed by atoms with van der Waals surface area (Å²) in [7, 11) is 0. The second-order valence-electron chi connectivity index (χ2n) is 6.44. The van der Waals surface area contributed by atoms with Gasteiger partial charge < -0.3 is 24.5 Å². The summed E-state index contributed by atoms with van der Waals surface area (Å²) in [5.41, 5.74) is 1.32. The summed E-state index contributed by atoms with van der Waals surface area (Å²) in [5.74, 6) is 1.10. The maximum Gasteiger partial charge on any atom is 0.245 e. The van der Waals surface area contributed by atoms with Crippen molar-refractivity contribution in [2.24, 2.45) is 5.92 Å². The molecule has 3 aromatic rings. The van der Waals surface area contributed by atoms with Gasteiger partial charge in [0.1, 0.15) is 17.6 Å². The van der Waals surface area contributed by atoms with Crippen LogP contribution in [0.4, 0.5) is 11.6 Å². The number of aromatic amines is 1. The van der Waals surface area contributed by atoms with E-state index in [2.05, 4.69) is 32.0 Å². The fourth-order valence-corrected chi connectivity index (χ4v) is 3.20. The lowest BCUT2D eigenvalue weighted by Crippen LogP contribution is -2.40. The largest absolute Gasteiger partial charge is 0.477 e. The van der Waals surface area contributed by atoms with E-state index in [9.17, 15) is 4.79 Å². The first-order valence-electron chi connectivity index (χ1n) is 8.78. The number of piperidine rings is 1. The van der Waals surface area contributed by atoms with E-state index in [0.717, 1.165) is 24.8 Å². The number of fused-ring (bicyclic) bond motifs is 1.